The molecular weight excluding hydrogens is 308 g/mol. The predicted molar refractivity (Wildman–Crippen MR) is 86.6 cm³/mol. The number of carbonyl (C=O) groups is 1. The van der Waals surface area contributed by atoms with Crippen LogP contribution in [0.1, 0.15) is 12.1 Å². The Hall–Kier alpha value is -1.79. The number of aromatic nitrogens is 2. The van der Waals surface area contributed by atoms with Crippen molar-refractivity contribution in [3.05, 3.63) is 41.0 Å². The van der Waals surface area contributed by atoms with E-state index < -0.39 is 0 Å². The van der Waals surface area contributed by atoms with Gasteiger partial charge in [0.2, 0.25) is 5.91 Å². The van der Waals surface area contributed by atoms with E-state index >= 15 is 0 Å². The number of nitrogens with zero attached hydrogens (tertiary/aromatic N) is 2. The first kappa shape index (κ1) is 15.6. The molecule has 0 radical (unpaired) electrons. The van der Waals surface area contributed by atoms with Crippen molar-refractivity contribution in [1.29, 1.82) is 0 Å². The molecule has 0 spiro atoms. The molecule has 0 aliphatic rings. The predicted octanol–water partition coefficient (Wildman–Crippen LogP) is 3.14. The maximum atomic E-state index is 11.8. The van der Waals surface area contributed by atoms with Gasteiger partial charge in [-0.3, -0.25) is 4.79 Å². The van der Waals surface area contributed by atoms with Crippen molar-refractivity contribution in [3.8, 4) is 0 Å². The number of aryl methyl sites for hydroxylation is 1. The molecule has 5 nitrogen and oxygen atoms in total. The van der Waals surface area contributed by atoms with Crippen molar-refractivity contribution in [2.24, 2.45) is 0 Å². The maximum Gasteiger partial charge on any atom is 0.225 e. The van der Waals surface area contributed by atoms with Gasteiger partial charge in [-0.05, 0) is 19.1 Å². The molecule has 2 aromatic rings. The molecule has 3 N–H and O–H groups in total. The highest BCUT2D eigenvalue weighted by atomic mass is 35.5. The van der Waals surface area contributed by atoms with Crippen molar-refractivity contribution < 1.29 is 4.79 Å². The molecule has 7 heteroatoms. The van der Waals surface area contributed by atoms with Crippen LogP contribution in [0, 0.1) is 6.92 Å². The summed E-state index contributed by atoms with van der Waals surface area (Å²) in [5.41, 5.74) is 7.08. The van der Waals surface area contributed by atoms with Gasteiger partial charge in [0.05, 0.1) is 10.7 Å². The van der Waals surface area contributed by atoms with Gasteiger partial charge >= 0.3 is 0 Å². The van der Waals surface area contributed by atoms with Crippen molar-refractivity contribution in [2.75, 3.05) is 16.8 Å². The lowest BCUT2D eigenvalue weighted by molar-refractivity contribution is -0.115. The van der Waals surface area contributed by atoms with E-state index in [0.717, 1.165) is 5.69 Å². The van der Waals surface area contributed by atoms with Crippen molar-refractivity contribution in [3.63, 3.8) is 0 Å². The van der Waals surface area contributed by atoms with E-state index in [-0.39, 0.29) is 5.91 Å². The third-order valence-corrected chi connectivity index (χ3v) is 3.74. The van der Waals surface area contributed by atoms with Crippen LogP contribution in [-0.2, 0) is 4.79 Å². The molecule has 0 atom stereocenters. The number of rotatable bonds is 5. The highest BCUT2D eigenvalue weighted by Crippen LogP contribution is 2.21. The van der Waals surface area contributed by atoms with Gasteiger partial charge in [0.15, 0.2) is 5.16 Å². The number of benzene rings is 1. The summed E-state index contributed by atoms with van der Waals surface area (Å²) in [5.74, 6) is 0.904. The summed E-state index contributed by atoms with van der Waals surface area (Å²) in [5, 5.41) is 3.87. The Bertz CT molecular complexity index is 630. The fraction of sp³-hybridized carbons (Fsp3) is 0.214. The first-order valence-corrected chi connectivity index (χ1v) is 7.69. The fourth-order valence-corrected chi connectivity index (χ4v) is 2.67. The molecule has 0 saturated carbocycles. The zero-order chi connectivity index (χ0) is 15.2. The topological polar surface area (TPSA) is 80.9 Å². The van der Waals surface area contributed by atoms with Gasteiger partial charge in [0.1, 0.15) is 5.82 Å². The molecule has 2 rings (SSSR count). The Morgan fingerprint density at radius 3 is 2.86 bits per heavy atom. The lowest BCUT2D eigenvalue weighted by Crippen LogP contribution is -2.12. The molecule has 0 saturated heterocycles. The van der Waals surface area contributed by atoms with E-state index in [0.29, 0.717) is 33.9 Å². The summed E-state index contributed by atoms with van der Waals surface area (Å²) < 4.78 is 0. The van der Waals surface area contributed by atoms with Crippen LogP contribution in [0.15, 0.2) is 35.5 Å². The average Bonchev–Trinajstić information content (AvgIpc) is 2.40. The third-order valence-electron chi connectivity index (χ3n) is 2.56. The third kappa shape index (κ3) is 4.91. The van der Waals surface area contributed by atoms with E-state index in [1.807, 2.05) is 19.1 Å². The van der Waals surface area contributed by atoms with Crippen molar-refractivity contribution in [2.45, 2.75) is 18.5 Å². The second-order valence-electron chi connectivity index (χ2n) is 4.34. The van der Waals surface area contributed by atoms with Crippen LogP contribution in [0.3, 0.4) is 0 Å². The number of nitrogens with one attached hydrogen (secondary N) is 1. The molecule has 1 aromatic carbocycles. The van der Waals surface area contributed by atoms with Crippen molar-refractivity contribution >= 4 is 40.8 Å². The number of anilines is 2. The minimum atomic E-state index is -0.101. The molecule has 1 aromatic heterocycles. The summed E-state index contributed by atoms with van der Waals surface area (Å²) in [4.78, 5) is 20.2. The number of hydrogen-bond donors (Lipinski definition) is 2. The highest BCUT2D eigenvalue weighted by Gasteiger charge is 2.07. The summed E-state index contributed by atoms with van der Waals surface area (Å²) in [6, 6.07) is 8.83. The standard InChI is InChI=1S/C14H15ClN4OS/c1-9-8-12(16)19-14(17-9)21-7-6-13(20)18-11-5-3-2-4-10(11)15/h2-5,8H,6-7H2,1H3,(H,18,20)(H2,16,17,19). The molecule has 1 heterocycles. The number of nitrogen functional groups attached to an aromatic ring is 1. The lowest BCUT2D eigenvalue weighted by Gasteiger charge is -2.06. The number of carbonyl (C=O) groups excluding carboxylic acids is 1. The highest BCUT2D eigenvalue weighted by molar-refractivity contribution is 7.99. The molecular formula is C14H15ClN4OS. The zero-order valence-electron chi connectivity index (χ0n) is 11.5. The van der Waals surface area contributed by atoms with Gasteiger partial charge in [0, 0.05) is 23.9 Å². The van der Waals surface area contributed by atoms with E-state index in [2.05, 4.69) is 15.3 Å². The largest absolute Gasteiger partial charge is 0.384 e. The first-order chi connectivity index (χ1) is 10.0. The van der Waals surface area contributed by atoms with E-state index in [1.165, 1.54) is 11.8 Å². The summed E-state index contributed by atoms with van der Waals surface area (Å²) in [6.07, 6.45) is 0.340. The second-order valence-corrected chi connectivity index (χ2v) is 5.81. The lowest BCUT2D eigenvalue weighted by atomic mass is 10.3. The van der Waals surface area contributed by atoms with Crippen LogP contribution in [0.5, 0.6) is 0 Å². The number of amides is 1. The molecule has 21 heavy (non-hydrogen) atoms. The number of thioether (sulfide) groups is 1. The zero-order valence-corrected chi connectivity index (χ0v) is 13.0. The average molecular weight is 323 g/mol. The van der Waals surface area contributed by atoms with Gasteiger partial charge in [-0.2, -0.15) is 0 Å². The first-order valence-electron chi connectivity index (χ1n) is 6.33. The molecule has 1 amide bonds. The Labute approximate surface area is 132 Å². The number of para-hydroxylation sites is 1. The van der Waals surface area contributed by atoms with Crippen LogP contribution < -0.4 is 11.1 Å². The SMILES string of the molecule is Cc1cc(N)nc(SCCC(=O)Nc2ccccc2Cl)n1. The summed E-state index contributed by atoms with van der Waals surface area (Å²) in [6.45, 7) is 1.85. The Balaban J connectivity index is 1.83. The molecule has 0 aliphatic carbocycles. The summed E-state index contributed by atoms with van der Waals surface area (Å²) >= 11 is 7.38. The van der Waals surface area contributed by atoms with Gasteiger partial charge in [0.25, 0.3) is 0 Å². The minimum Gasteiger partial charge on any atom is -0.384 e. The number of hydrogen-bond acceptors (Lipinski definition) is 5. The maximum absolute atomic E-state index is 11.8. The van der Waals surface area contributed by atoms with E-state index in [9.17, 15) is 4.79 Å². The fourth-order valence-electron chi connectivity index (χ4n) is 1.64. The van der Waals surface area contributed by atoms with Crippen LogP contribution in [0.4, 0.5) is 11.5 Å². The molecule has 0 bridgehead atoms. The van der Waals surface area contributed by atoms with Gasteiger partial charge in [-0.25, -0.2) is 9.97 Å². The quantitative estimate of drug-likeness (QED) is 0.653. The molecule has 0 aliphatic heterocycles. The normalized spacial score (nSPS) is 10.4. The molecule has 0 unspecified atom stereocenters. The Morgan fingerprint density at radius 1 is 1.38 bits per heavy atom. The molecule has 110 valence electrons. The van der Waals surface area contributed by atoms with Gasteiger partial charge < -0.3 is 11.1 Å². The van der Waals surface area contributed by atoms with Crippen LogP contribution in [0.2, 0.25) is 5.02 Å². The van der Waals surface area contributed by atoms with Crippen LogP contribution >= 0.6 is 23.4 Å². The van der Waals surface area contributed by atoms with E-state index in [1.54, 1.807) is 18.2 Å². The smallest absolute Gasteiger partial charge is 0.225 e. The van der Waals surface area contributed by atoms with Crippen molar-refractivity contribution in [1.82, 2.24) is 9.97 Å². The molecule has 0 fully saturated rings. The van der Waals surface area contributed by atoms with Crippen LogP contribution in [0.25, 0.3) is 0 Å². The minimum absolute atomic E-state index is 0.101. The Kier molecular flexibility index (Phi) is 5.41. The number of nitrogens with two attached hydrogens (primary N) is 1. The Morgan fingerprint density at radius 2 is 2.14 bits per heavy atom. The second kappa shape index (κ2) is 7.28. The van der Waals surface area contributed by atoms with E-state index in [4.69, 9.17) is 17.3 Å². The summed E-state index contributed by atoms with van der Waals surface area (Å²) in [7, 11) is 0. The van der Waals surface area contributed by atoms with Crippen LogP contribution in [-0.4, -0.2) is 21.6 Å². The van der Waals surface area contributed by atoms with Gasteiger partial charge in [-0.1, -0.05) is 35.5 Å². The number of halogens is 1. The monoisotopic (exact) mass is 322 g/mol. The van der Waals surface area contributed by atoms with Gasteiger partial charge in [-0.15, -0.1) is 0 Å².